The predicted octanol–water partition coefficient (Wildman–Crippen LogP) is 3.01. The van der Waals surface area contributed by atoms with Gasteiger partial charge in [-0.2, -0.15) is 0 Å². The van der Waals surface area contributed by atoms with Gasteiger partial charge in [-0.05, 0) is 42.0 Å². The number of fused-ring (bicyclic) bond motifs is 1. The summed E-state index contributed by atoms with van der Waals surface area (Å²) in [6, 6.07) is 14.8. The van der Waals surface area contributed by atoms with Gasteiger partial charge < -0.3 is 14.6 Å². The number of hydrogen-bond acceptors (Lipinski definition) is 4. The SMILES string of the molecule is OC(Cc1ccc2ccccc2c1)CN1CCOC2(CCOCC2)CC1. The molecule has 0 aromatic heterocycles. The van der Waals surface area contributed by atoms with E-state index in [1.54, 1.807) is 0 Å². The van der Waals surface area contributed by atoms with E-state index in [1.165, 1.54) is 16.3 Å². The summed E-state index contributed by atoms with van der Waals surface area (Å²) in [5.74, 6) is 0. The fraction of sp³-hybridized carbons (Fsp3) is 0.545. The van der Waals surface area contributed by atoms with Crippen LogP contribution in [0.2, 0.25) is 0 Å². The molecule has 26 heavy (non-hydrogen) atoms. The van der Waals surface area contributed by atoms with Crippen LogP contribution in [0.5, 0.6) is 0 Å². The molecule has 1 N–H and O–H groups in total. The van der Waals surface area contributed by atoms with Gasteiger partial charge in [-0.3, -0.25) is 4.90 Å². The second kappa shape index (κ2) is 8.05. The van der Waals surface area contributed by atoms with Crippen LogP contribution >= 0.6 is 0 Å². The fourth-order valence-corrected chi connectivity index (χ4v) is 4.26. The van der Waals surface area contributed by atoms with Crippen LogP contribution in [0.3, 0.4) is 0 Å². The molecule has 0 radical (unpaired) electrons. The van der Waals surface area contributed by atoms with Crippen molar-refractivity contribution in [1.82, 2.24) is 4.90 Å². The minimum Gasteiger partial charge on any atom is -0.391 e. The largest absolute Gasteiger partial charge is 0.391 e. The molecule has 0 aliphatic carbocycles. The molecular formula is C22H29NO3. The molecule has 1 unspecified atom stereocenters. The van der Waals surface area contributed by atoms with Gasteiger partial charge >= 0.3 is 0 Å². The van der Waals surface area contributed by atoms with Crippen molar-refractivity contribution in [2.45, 2.75) is 37.4 Å². The lowest BCUT2D eigenvalue weighted by molar-refractivity contribution is -0.105. The second-order valence-electron chi connectivity index (χ2n) is 7.73. The van der Waals surface area contributed by atoms with Crippen molar-refractivity contribution in [3.8, 4) is 0 Å². The normalized spacial score (nSPS) is 22.3. The maximum absolute atomic E-state index is 10.6. The highest BCUT2D eigenvalue weighted by Gasteiger charge is 2.35. The number of nitrogens with zero attached hydrogens (tertiary/aromatic N) is 1. The first kappa shape index (κ1) is 17.9. The molecule has 0 amide bonds. The molecular weight excluding hydrogens is 326 g/mol. The van der Waals surface area contributed by atoms with E-state index in [4.69, 9.17) is 9.47 Å². The van der Waals surface area contributed by atoms with Crippen LogP contribution in [0.15, 0.2) is 42.5 Å². The molecule has 2 aliphatic heterocycles. The van der Waals surface area contributed by atoms with Gasteiger partial charge in [-0.25, -0.2) is 0 Å². The first-order valence-corrected chi connectivity index (χ1v) is 9.82. The Morgan fingerprint density at radius 1 is 0.962 bits per heavy atom. The average Bonchev–Trinajstić information content (AvgIpc) is 2.85. The van der Waals surface area contributed by atoms with Crippen molar-refractivity contribution < 1.29 is 14.6 Å². The highest BCUT2D eigenvalue weighted by atomic mass is 16.5. The van der Waals surface area contributed by atoms with E-state index in [2.05, 4.69) is 47.4 Å². The fourth-order valence-electron chi connectivity index (χ4n) is 4.26. The third-order valence-corrected chi connectivity index (χ3v) is 5.86. The van der Waals surface area contributed by atoms with Crippen molar-refractivity contribution >= 4 is 10.8 Å². The van der Waals surface area contributed by atoms with Crippen molar-refractivity contribution in [3.63, 3.8) is 0 Å². The highest BCUT2D eigenvalue weighted by molar-refractivity contribution is 5.82. The van der Waals surface area contributed by atoms with Crippen molar-refractivity contribution in [3.05, 3.63) is 48.0 Å². The number of benzene rings is 2. The lowest BCUT2D eigenvalue weighted by Gasteiger charge is -2.36. The van der Waals surface area contributed by atoms with Crippen LogP contribution in [0, 0.1) is 0 Å². The third-order valence-electron chi connectivity index (χ3n) is 5.86. The van der Waals surface area contributed by atoms with Crippen LogP contribution in [0.1, 0.15) is 24.8 Å². The summed E-state index contributed by atoms with van der Waals surface area (Å²) in [5, 5.41) is 13.1. The molecule has 1 atom stereocenters. The molecule has 0 saturated carbocycles. The Labute approximate surface area is 155 Å². The summed E-state index contributed by atoms with van der Waals surface area (Å²) >= 11 is 0. The van der Waals surface area contributed by atoms with Gasteiger partial charge in [0, 0.05) is 32.8 Å². The topological polar surface area (TPSA) is 41.9 Å². The Bertz CT molecular complexity index is 726. The molecule has 2 aliphatic rings. The summed E-state index contributed by atoms with van der Waals surface area (Å²) in [7, 11) is 0. The molecule has 4 nitrogen and oxygen atoms in total. The van der Waals surface area contributed by atoms with Gasteiger partial charge in [0.1, 0.15) is 0 Å². The number of hydrogen-bond donors (Lipinski definition) is 1. The molecule has 2 aromatic carbocycles. The molecule has 2 saturated heterocycles. The maximum Gasteiger partial charge on any atom is 0.0739 e. The first-order valence-electron chi connectivity index (χ1n) is 9.82. The Morgan fingerprint density at radius 2 is 1.77 bits per heavy atom. The zero-order chi connectivity index (χ0) is 17.8. The van der Waals surface area contributed by atoms with Crippen LogP contribution in [-0.4, -0.2) is 61.2 Å². The summed E-state index contributed by atoms with van der Waals surface area (Å²) in [6.07, 6.45) is 3.39. The number of ether oxygens (including phenoxy) is 2. The predicted molar refractivity (Wildman–Crippen MR) is 103 cm³/mol. The Kier molecular flexibility index (Phi) is 5.55. The molecule has 140 valence electrons. The van der Waals surface area contributed by atoms with E-state index in [0.29, 0.717) is 13.0 Å². The molecule has 0 bridgehead atoms. The summed E-state index contributed by atoms with van der Waals surface area (Å²) in [4.78, 5) is 2.36. The monoisotopic (exact) mass is 355 g/mol. The molecule has 2 heterocycles. The van der Waals surface area contributed by atoms with Crippen molar-refractivity contribution in [1.29, 1.82) is 0 Å². The standard InChI is InChI=1S/C22H29NO3/c24-21(16-18-5-6-19-3-1-2-4-20(19)15-18)17-23-10-7-22(26-14-11-23)8-12-25-13-9-22/h1-6,15,21,24H,7-14,16-17H2. The molecule has 4 rings (SSSR count). The minimum absolute atomic E-state index is 0.0102. The molecule has 2 aromatic rings. The van der Waals surface area contributed by atoms with Gasteiger partial charge in [0.05, 0.1) is 18.3 Å². The summed E-state index contributed by atoms with van der Waals surface area (Å²) < 4.78 is 11.7. The van der Waals surface area contributed by atoms with Crippen LogP contribution in [0.4, 0.5) is 0 Å². The maximum atomic E-state index is 10.6. The quantitative estimate of drug-likeness (QED) is 0.915. The van der Waals surface area contributed by atoms with E-state index < -0.39 is 0 Å². The Morgan fingerprint density at radius 3 is 2.62 bits per heavy atom. The number of rotatable bonds is 4. The van der Waals surface area contributed by atoms with Gasteiger partial charge in [0.25, 0.3) is 0 Å². The van der Waals surface area contributed by atoms with Gasteiger partial charge in [0.15, 0.2) is 0 Å². The van der Waals surface area contributed by atoms with Crippen molar-refractivity contribution in [2.75, 3.05) is 39.5 Å². The first-order chi connectivity index (χ1) is 12.7. The van der Waals surface area contributed by atoms with E-state index in [9.17, 15) is 5.11 Å². The van der Waals surface area contributed by atoms with Crippen molar-refractivity contribution in [2.24, 2.45) is 0 Å². The highest BCUT2D eigenvalue weighted by Crippen LogP contribution is 2.30. The Balaban J connectivity index is 1.33. The molecule has 1 spiro atoms. The van der Waals surface area contributed by atoms with Crippen LogP contribution in [-0.2, 0) is 15.9 Å². The van der Waals surface area contributed by atoms with E-state index in [0.717, 1.165) is 52.2 Å². The smallest absolute Gasteiger partial charge is 0.0739 e. The average molecular weight is 355 g/mol. The van der Waals surface area contributed by atoms with Gasteiger partial charge in [-0.1, -0.05) is 42.5 Å². The number of aliphatic hydroxyl groups is 1. The lowest BCUT2D eigenvalue weighted by Crippen LogP contribution is -2.40. The zero-order valence-electron chi connectivity index (χ0n) is 15.4. The molecule has 2 fully saturated rings. The lowest BCUT2D eigenvalue weighted by atomic mass is 9.90. The second-order valence-corrected chi connectivity index (χ2v) is 7.73. The van der Waals surface area contributed by atoms with E-state index in [1.807, 2.05) is 0 Å². The minimum atomic E-state index is -0.347. The van der Waals surface area contributed by atoms with Crippen LogP contribution in [0.25, 0.3) is 10.8 Å². The van der Waals surface area contributed by atoms with E-state index in [-0.39, 0.29) is 11.7 Å². The van der Waals surface area contributed by atoms with Gasteiger partial charge in [0.2, 0.25) is 0 Å². The molecule has 4 heteroatoms. The summed E-state index contributed by atoms with van der Waals surface area (Å²) in [5.41, 5.74) is 1.21. The summed E-state index contributed by atoms with van der Waals surface area (Å²) in [6.45, 7) is 4.98. The number of β-amino-alcohol motifs (C(OH)–C–C–N with tert-alkyl or cyclic N) is 1. The van der Waals surface area contributed by atoms with E-state index >= 15 is 0 Å². The zero-order valence-corrected chi connectivity index (χ0v) is 15.4. The van der Waals surface area contributed by atoms with Gasteiger partial charge in [-0.15, -0.1) is 0 Å². The van der Waals surface area contributed by atoms with Crippen LogP contribution < -0.4 is 0 Å². The number of aliphatic hydroxyl groups excluding tert-OH is 1. The Hall–Kier alpha value is -1.46. The third kappa shape index (κ3) is 4.26.